The van der Waals surface area contributed by atoms with Gasteiger partial charge in [0.15, 0.2) is 0 Å². The summed E-state index contributed by atoms with van der Waals surface area (Å²) in [6, 6.07) is 10.9. The van der Waals surface area contributed by atoms with E-state index in [2.05, 4.69) is 26.1 Å². The quantitative estimate of drug-likeness (QED) is 0.437. The summed E-state index contributed by atoms with van der Waals surface area (Å²) in [7, 11) is 0. The van der Waals surface area contributed by atoms with Crippen molar-refractivity contribution >= 4 is 35.1 Å². The van der Waals surface area contributed by atoms with Gasteiger partial charge in [-0.05, 0) is 79.8 Å². The Morgan fingerprint density at radius 2 is 1.82 bits per heavy atom. The molecule has 4 rings (SSSR count). The molecule has 1 spiro atoms. The second-order valence-corrected chi connectivity index (χ2v) is 12.0. The number of nitrogens with zero attached hydrogens (tertiary/aromatic N) is 2. The molecule has 1 aliphatic carbocycles. The van der Waals surface area contributed by atoms with Crippen LogP contribution in [0.1, 0.15) is 87.3 Å². The lowest BCUT2D eigenvalue weighted by Gasteiger charge is -2.46. The van der Waals surface area contributed by atoms with Gasteiger partial charge < -0.3 is 15.3 Å². The molecular weight excluding hydrogens is 521 g/mol. The Hall–Kier alpha value is -3.26. The Bertz CT molecular complexity index is 1290. The van der Waals surface area contributed by atoms with E-state index in [9.17, 15) is 18.8 Å². The van der Waals surface area contributed by atoms with Crippen LogP contribution >= 0.6 is 11.6 Å². The molecule has 2 aliphatic rings. The minimum atomic E-state index is -0.982. The molecule has 2 aromatic carbocycles. The average molecular weight is 556 g/mol. The van der Waals surface area contributed by atoms with Crippen LogP contribution in [0.2, 0.25) is 5.02 Å². The molecule has 2 amide bonds. The van der Waals surface area contributed by atoms with Crippen molar-refractivity contribution in [3.63, 3.8) is 0 Å². The van der Waals surface area contributed by atoms with Crippen molar-refractivity contribution in [2.45, 2.75) is 71.5 Å². The molecule has 208 valence electrons. The first-order valence-electron chi connectivity index (χ1n) is 13.3. The number of rotatable bonds is 7. The Morgan fingerprint density at radius 1 is 1.18 bits per heavy atom. The fourth-order valence-corrected chi connectivity index (χ4v) is 5.91. The number of carboxylic acid groups (broad SMARTS) is 1. The van der Waals surface area contributed by atoms with Crippen LogP contribution in [-0.4, -0.2) is 45.7 Å². The highest BCUT2D eigenvalue weighted by Crippen LogP contribution is 2.49. The SMILES string of the molecule is CC(c1ccc(C(=O)NCCC(=O)O)cc1)N1C(=O)C(c2ccc(F)c(Cl)c2)=NC12CCC(C(C)(C)C)CC2. The fourth-order valence-electron chi connectivity index (χ4n) is 5.73. The molecule has 2 N–H and O–H groups in total. The van der Waals surface area contributed by atoms with Gasteiger partial charge in [0, 0.05) is 17.7 Å². The van der Waals surface area contributed by atoms with E-state index in [-0.39, 0.29) is 47.0 Å². The summed E-state index contributed by atoms with van der Waals surface area (Å²) in [6.45, 7) is 8.72. The molecule has 2 aromatic rings. The van der Waals surface area contributed by atoms with E-state index in [0.29, 0.717) is 29.9 Å². The van der Waals surface area contributed by atoms with Gasteiger partial charge in [0.1, 0.15) is 17.2 Å². The van der Waals surface area contributed by atoms with Gasteiger partial charge in [0.05, 0.1) is 17.5 Å². The first kappa shape index (κ1) is 28.7. The summed E-state index contributed by atoms with van der Waals surface area (Å²) in [4.78, 5) is 44.0. The molecule has 1 heterocycles. The van der Waals surface area contributed by atoms with E-state index in [4.69, 9.17) is 21.7 Å². The third kappa shape index (κ3) is 6.01. The Balaban J connectivity index is 1.62. The van der Waals surface area contributed by atoms with E-state index in [1.165, 1.54) is 12.1 Å². The second kappa shape index (κ2) is 11.1. The minimum Gasteiger partial charge on any atom is -0.481 e. The highest BCUT2D eigenvalue weighted by atomic mass is 35.5. The van der Waals surface area contributed by atoms with Crippen molar-refractivity contribution in [1.29, 1.82) is 0 Å². The maximum atomic E-state index is 14.0. The molecule has 1 fully saturated rings. The molecule has 0 aromatic heterocycles. The van der Waals surface area contributed by atoms with E-state index in [1.807, 2.05) is 24.0 Å². The van der Waals surface area contributed by atoms with Gasteiger partial charge in [-0.3, -0.25) is 19.4 Å². The van der Waals surface area contributed by atoms with Crippen LogP contribution in [0.4, 0.5) is 4.39 Å². The molecule has 7 nitrogen and oxygen atoms in total. The van der Waals surface area contributed by atoms with E-state index in [1.54, 1.807) is 18.2 Å². The zero-order chi connectivity index (χ0) is 28.5. The van der Waals surface area contributed by atoms with Crippen molar-refractivity contribution < 1.29 is 23.9 Å². The minimum absolute atomic E-state index is 0.0419. The van der Waals surface area contributed by atoms with Gasteiger partial charge >= 0.3 is 5.97 Å². The van der Waals surface area contributed by atoms with E-state index in [0.717, 1.165) is 18.4 Å². The zero-order valence-corrected chi connectivity index (χ0v) is 23.5. The number of carbonyl (C=O) groups excluding carboxylic acids is 2. The van der Waals surface area contributed by atoms with Crippen LogP contribution in [-0.2, 0) is 9.59 Å². The first-order chi connectivity index (χ1) is 18.3. The van der Waals surface area contributed by atoms with Crippen molar-refractivity contribution in [1.82, 2.24) is 10.2 Å². The van der Waals surface area contributed by atoms with Gasteiger partial charge in [-0.2, -0.15) is 0 Å². The summed E-state index contributed by atoms with van der Waals surface area (Å²) in [5.74, 6) is -1.61. The third-order valence-corrected chi connectivity index (χ3v) is 8.35. The van der Waals surface area contributed by atoms with Crippen LogP contribution < -0.4 is 5.32 Å². The van der Waals surface area contributed by atoms with E-state index < -0.39 is 17.4 Å². The number of amides is 2. The summed E-state index contributed by atoms with van der Waals surface area (Å²) in [6.07, 6.45) is 3.13. The molecule has 1 unspecified atom stereocenters. The average Bonchev–Trinajstić information content (AvgIpc) is 3.16. The van der Waals surface area contributed by atoms with Crippen molar-refractivity contribution in [2.24, 2.45) is 16.3 Å². The van der Waals surface area contributed by atoms with Gasteiger partial charge in [-0.25, -0.2) is 4.39 Å². The molecule has 1 saturated carbocycles. The second-order valence-electron chi connectivity index (χ2n) is 11.6. The summed E-state index contributed by atoms with van der Waals surface area (Å²) < 4.78 is 13.9. The number of hydrogen-bond acceptors (Lipinski definition) is 4. The Kier molecular flexibility index (Phi) is 8.17. The largest absolute Gasteiger partial charge is 0.481 e. The van der Waals surface area contributed by atoms with Crippen LogP contribution in [0, 0.1) is 17.2 Å². The number of halogens is 2. The van der Waals surface area contributed by atoms with Crippen LogP contribution in [0.15, 0.2) is 47.5 Å². The lowest BCUT2D eigenvalue weighted by Crippen LogP contribution is -2.50. The Labute approximate surface area is 233 Å². The number of carbonyl (C=O) groups is 3. The van der Waals surface area contributed by atoms with Gasteiger partial charge in [-0.1, -0.05) is 44.5 Å². The lowest BCUT2D eigenvalue weighted by atomic mass is 9.69. The van der Waals surface area contributed by atoms with Crippen LogP contribution in [0.25, 0.3) is 0 Å². The number of aliphatic carboxylic acids is 1. The maximum absolute atomic E-state index is 14.0. The van der Waals surface area contributed by atoms with Gasteiger partial charge in [0.25, 0.3) is 11.8 Å². The highest BCUT2D eigenvalue weighted by molar-refractivity contribution is 6.47. The zero-order valence-electron chi connectivity index (χ0n) is 22.8. The normalized spacial score (nSPS) is 22.1. The molecule has 0 saturated heterocycles. The predicted octanol–water partition coefficient (Wildman–Crippen LogP) is 6.01. The summed E-state index contributed by atoms with van der Waals surface area (Å²) in [5, 5.41) is 11.3. The highest BCUT2D eigenvalue weighted by Gasteiger charge is 2.52. The molecule has 1 aliphatic heterocycles. The number of benzene rings is 2. The Morgan fingerprint density at radius 3 is 2.38 bits per heavy atom. The number of carboxylic acids is 1. The fraction of sp³-hybridized carbons (Fsp3) is 0.467. The monoisotopic (exact) mass is 555 g/mol. The molecule has 9 heteroatoms. The number of nitrogens with one attached hydrogen (secondary N) is 1. The summed E-state index contributed by atoms with van der Waals surface area (Å²) >= 11 is 6.05. The van der Waals surface area contributed by atoms with Gasteiger partial charge in [-0.15, -0.1) is 0 Å². The van der Waals surface area contributed by atoms with Crippen LogP contribution in [0.3, 0.4) is 0 Å². The van der Waals surface area contributed by atoms with Gasteiger partial charge in [0.2, 0.25) is 0 Å². The standard InChI is InChI=1S/C30H35ClFN3O4/c1-18(19-5-7-20(8-6-19)27(38)33-16-13-25(36)37)35-28(39)26(21-9-10-24(32)23(31)17-21)34-30(35)14-11-22(12-15-30)29(2,3)4/h5-10,17-18,22H,11-16H2,1-4H3,(H,33,38)(H,36,37). The molecular formula is C30H35ClFN3O4. The number of hydrogen-bond donors (Lipinski definition) is 2. The molecule has 0 radical (unpaired) electrons. The topological polar surface area (TPSA) is 99.1 Å². The predicted molar refractivity (Wildman–Crippen MR) is 148 cm³/mol. The maximum Gasteiger partial charge on any atom is 0.305 e. The number of aliphatic imine (C=N–C) groups is 1. The van der Waals surface area contributed by atoms with E-state index >= 15 is 0 Å². The lowest BCUT2D eigenvalue weighted by molar-refractivity contribution is -0.137. The smallest absolute Gasteiger partial charge is 0.305 e. The summed E-state index contributed by atoms with van der Waals surface area (Å²) in [5.41, 5.74) is 1.46. The first-order valence-corrected chi connectivity index (χ1v) is 13.7. The van der Waals surface area contributed by atoms with Crippen molar-refractivity contribution in [3.8, 4) is 0 Å². The molecule has 39 heavy (non-hydrogen) atoms. The van der Waals surface area contributed by atoms with Crippen LogP contribution in [0.5, 0.6) is 0 Å². The molecule has 0 bridgehead atoms. The van der Waals surface area contributed by atoms with Crippen molar-refractivity contribution in [3.05, 3.63) is 70.0 Å². The molecule has 1 atom stereocenters. The van der Waals surface area contributed by atoms with Crippen molar-refractivity contribution in [2.75, 3.05) is 6.54 Å². The third-order valence-electron chi connectivity index (χ3n) is 8.06.